The fraction of sp³-hybridized carbons (Fsp3) is 0.632. The van der Waals surface area contributed by atoms with Crippen molar-refractivity contribution in [2.45, 2.75) is 25.1 Å². The summed E-state index contributed by atoms with van der Waals surface area (Å²) in [5, 5.41) is 6.59. The van der Waals surface area contributed by atoms with E-state index in [0.29, 0.717) is 32.8 Å². The Morgan fingerprint density at radius 2 is 1.86 bits per heavy atom. The van der Waals surface area contributed by atoms with Gasteiger partial charge in [0.05, 0.1) is 19.0 Å². The Hall–Kier alpha value is -0.560. The molecule has 29 heavy (non-hydrogen) atoms. The molecule has 1 heterocycles. The monoisotopic (exact) mass is 556 g/mol. The maximum absolute atomic E-state index is 12.7. The SMILES string of the molecule is CN=C(NCCCCSC)NCc1ccccc1CS(=O)(=O)N1CCOCC1.I. The molecular formula is C19H33IN4O3S2. The van der Waals surface area contributed by atoms with Crippen molar-refractivity contribution in [3.05, 3.63) is 35.4 Å². The van der Waals surface area contributed by atoms with Crippen LogP contribution in [0.3, 0.4) is 0 Å². The Morgan fingerprint density at radius 1 is 1.17 bits per heavy atom. The summed E-state index contributed by atoms with van der Waals surface area (Å²) in [6, 6.07) is 7.66. The van der Waals surface area contributed by atoms with Crippen LogP contribution in [0, 0.1) is 0 Å². The normalized spacial score (nSPS) is 15.6. The topological polar surface area (TPSA) is 83.0 Å². The number of hydrogen-bond acceptors (Lipinski definition) is 5. The predicted molar refractivity (Wildman–Crippen MR) is 133 cm³/mol. The van der Waals surface area contributed by atoms with Gasteiger partial charge in [0.25, 0.3) is 0 Å². The van der Waals surface area contributed by atoms with Gasteiger partial charge in [-0.2, -0.15) is 16.1 Å². The fourth-order valence-electron chi connectivity index (χ4n) is 2.96. The molecule has 2 rings (SSSR count). The summed E-state index contributed by atoms with van der Waals surface area (Å²) in [7, 11) is -1.61. The van der Waals surface area contributed by atoms with E-state index >= 15 is 0 Å². The highest BCUT2D eigenvalue weighted by molar-refractivity contribution is 14.0. The minimum Gasteiger partial charge on any atom is -0.379 e. The van der Waals surface area contributed by atoms with E-state index in [0.717, 1.165) is 30.1 Å². The Balaban J connectivity index is 0.00000420. The van der Waals surface area contributed by atoms with E-state index in [1.165, 1.54) is 16.5 Å². The zero-order valence-corrected chi connectivity index (χ0v) is 21.2. The number of morpholine rings is 1. The summed E-state index contributed by atoms with van der Waals surface area (Å²) in [6.07, 6.45) is 4.38. The lowest BCUT2D eigenvalue weighted by Gasteiger charge is -2.26. The molecule has 0 radical (unpaired) electrons. The molecule has 1 aromatic carbocycles. The summed E-state index contributed by atoms with van der Waals surface area (Å²) < 4.78 is 32.3. The number of guanidine groups is 1. The zero-order chi connectivity index (χ0) is 20.2. The summed E-state index contributed by atoms with van der Waals surface area (Å²) in [5.41, 5.74) is 1.78. The maximum Gasteiger partial charge on any atom is 0.218 e. The summed E-state index contributed by atoms with van der Waals surface area (Å²) in [5.74, 6) is 1.90. The van der Waals surface area contributed by atoms with Crippen molar-refractivity contribution in [3.63, 3.8) is 0 Å². The van der Waals surface area contributed by atoms with Gasteiger partial charge >= 0.3 is 0 Å². The number of nitrogens with one attached hydrogen (secondary N) is 2. The second-order valence-corrected chi connectivity index (χ2v) is 9.54. The van der Waals surface area contributed by atoms with E-state index < -0.39 is 10.0 Å². The van der Waals surface area contributed by atoms with Crippen LogP contribution in [-0.4, -0.2) is 70.6 Å². The lowest BCUT2D eigenvalue weighted by atomic mass is 10.1. The second kappa shape index (κ2) is 14.4. The van der Waals surface area contributed by atoms with Gasteiger partial charge in [0.15, 0.2) is 5.96 Å². The molecule has 0 saturated carbocycles. The Kier molecular flexibility index (Phi) is 13.2. The molecule has 1 aliphatic rings. The molecule has 0 unspecified atom stereocenters. The molecule has 7 nitrogen and oxygen atoms in total. The molecule has 0 amide bonds. The molecule has 1 aliphatic heterocycles. The third kappa shape index (κ3) is 9.41. The van der Waals surface area contributed by atoms with Gasteiger partial charge in [-0.15, -0.1) is 24.0 Å². The van der Waals surface area contributed by atoms with E-state index in [-0.39, 0.29) is 29.7 Å². The summed E-state index contributed by atoms with van der Waals surface area (Å²) in [6.45, 7) is 3.17. The highest BCUT2D eigenvalue weighted by atomic mass is 127. The third-order valence-electron chi connectivity index (χ3n) is 4.56. The number of hydrogen-bond donors (Lipinski definition) is 2. The average Bonchev–Trinajstić information content (AvgIpc) is 2.71. The summed E-state index contributed by atoms with van der Waals surface area (Å²) >= 11 is 1.86. The molecular weight excluding hydrogens is 523 g/mol. The quantitative estimate of drug-likeness (QED) is 0.199. The van der Waals surface area contributed by atoms with Crippen LogP contribution >= 0.6 is 35.7 Å². The van der Waals surface area contributed by atoms with Gasteiger partial charge in [-0.05, 0) is 36.0 Å². The van der Waals surface area contributed by atoms with Crippen molar-refractivity contribution in [1.82, 2.24) is 14.9 Å². The van der Waals surface area contributed by atoms with Gasteiger partial charge < -0.3 is 15.4 Å². The number of aliphatic imine (C=N–C) groups is 1. The molecule has 0 atom stereocenters. The molecule has 166 valence electrons. The molecule has 1 fully saturated rings. The first-order valence-corrected chi connectivity index (χ1v) is 12.6. The predicted octanol–water partition coefficient (Wildman–Crippen LogP) is 2.27. The number of sulfonamides is 1. The van der Waals surface area contributed by atoms with Crippen molar-refractivity contribution in [1.29, 1.82) is 0 Å². The number of rotatable bonds is 10. The van der Waals surface area contributed by atoms with Crippen molar-refractivity contribution in [2.24, 2.45) is 4.99 Å². The van der Waals surface area contributed by atoms with Gasteiger partial charge in [-0.3, -0.25) is 4.99 Å². The van der Waals surface area contributed by atoms with E-state index in [9.17, 15) is 8.42 Å². The first-order valence-electron chi connectivity index (χ1n) is 9.62. The number of nitrogens with zero attached hydrogens (tertiary/aromatic N) is 2. The fourth-order valence-corrected chi connectivity index (χ4v) is 5.02. The van der Waals surface area contributed by atoms with E-state index in [1.54, 1.807) is 7.05 Å². The van der Waals surface area contributed by atoms with Crippen molar-refractivity contribution < 1.29 is 13.2 Å². The van der Waals surface area contributed by atoms with Crippen molar-refractivity contribution in [2.75, 3.05) is 51.9 Å². The number of thioether (sulfide) groups is 1. The number of ether oxygens (including phenoxy) is 1. The molecule has 0 aliphatic carbocycles. The van der Waals surface area contributed by atoms with Crippen LogP contribution in [0.1, 0.15) is 24.0 Å². The van der Waals surface area contributed by atoms with E-state index in [4.69, 9.17) is 4.74 Å². The minimum absolute atomic E-state index is 0. The Labute approximate surface area is 196 Å². The third-order valence-corrected chi connectivity index (χ3v) is 7.08. The first kappa shape index (κ1) is 26.5. The number of halogens is 1. The van der Waals surface area contributed by atoms with Crippen LogP contribution in [0.15, 0.2) is 29.3 Å². The van der Waals surface area contributed by atoms with Gasteiger partial charge in [0.2, 0.25) is 10.0 Å². The van der Waals surface area contributed by atoms with Crippen molar-refractivity contribution >= 4 is 51.7 Å². The molecule has 1 aromatic rings. The van der Waals surface area contributed by atoms with Crippen molar-refractivity contribution in [3.8, 4) is 0 Å². The van der Waals surface area contributed by atoms with Crippen LogP contribution in [0.25, 0.3) is 0 Å². The molecule has 0 aromatic heterocycles. The van der Waals surface area contributed by atoms with E-state index in [1.807, 2.05) is 36.0 Å². The van der Waals surface area contributed by atoms with Crippen LogP contribution in [0.2, 0.25) is 0 Å². The molecule has 1 saturated heterocycles. The molecule has 0 spiro atoms. The lowest BCUT2D eigenvalue weighted by Crippen LogP contribution is -2.41. The van der Waals surface area contributed by atoms with Crippen LogP contribution in [-0.2, 0) is 27.1 Å². The molecule has 2 N–H and O–H groups in total. The first-order chi connectivity index (χ1) is 13.6. The van der Waals surface area contributed by atoms with Gasteiger partial charge in [0.1, 0.15) is 0 Å². The number of unbranched alkanes of at least 4 members (excludes halogenated alkanes) is 1. The largest absolute Gasteiger partial charge is 0.379 e. The molecule has 0 bridgehead atoms. The second-order valence-electron chi connectivity index (χ2n) is 6.59. The van der Waals surface area contributed by atoms with Crippen LogP contribution < -0.4 is 10.6 Å². The maximum atomic E-state index is 12.7. The zero-order valence-electron chi connectivity index (χ0n) is 17.2. The van der Waals surface area contributed by atoms with Gasteiger partial charge in [-0.1, -0.05) is 24.3 Å². The van der Waals surface area contributed by atoms with E-state index in [2.05, 4.69) is 21.9 Å². The average molecular weight is 557 g/mol. The Bertz CT molecular complexity index is 726. The van der Waals surface area contributed by atoms with Gasteiger partial charge in [-0.25, -0.2) is 8.42 Å². The highest BCUT2D eigenvalue weighted by Crippen LogP contribution is 2.16. The highest BCUT2D eigenvalue weighted by Gasteiger charge is 2.25. The smallest absolute Gasteiger partial charge is 0.218 e. The number of benzene rings is 1. The lowest BCUT2D eigenvalue weighted by molar-refractivity contribution is 0.0729. The molecule has 10 heteroatoms. The van der Waals surface area contributed by atoms with Crippen LogP contribution in [0.5, 0.6) is 0 Å². The van der Waals surface area contributed by atoms with Crippen LogP contribution in [0.4, 0.5) is 0 Å². The Morgan fingerprint density at radius 3 is 2.52 bits per heavy atom. The standard InChI is InChI=1S/C19H32N4O3S2.HI/c1-20-19(21-9-5-6-14-27-2)22-15-17-7-3-4-8-18(17)16-28(24,25)23-10-12-26-13-11-23;/h3-4,7-8H,5-6,9-16H2,1-2H3,(H2,20,21,22);1H. The minimum atomic E-state index is -3.35. The van der Waals surface area contributed by atoms with Gasteiger partial charge in [0, 0.05) is 33.2 Å². The summed E-state index contributed by atoms with van der Waals surface area (Å²) in [4.78, 5) is 4.25.